The van der Waals surface area contributed by atoms with E-state index in [1.165, 1.54) is 54.3 Å². The van der Waals surface area contributed by atoms with E-state index in [0.717, 1.165) is 39.2 Å². The molecule has 58 heavy (non-hydrogen) atoms. The Hall–Kier alpha value is -7.32. The van der Waals surface area contributed by atoms with Gasteiger partial charge in [-0.1, -0.05) is 188 Å². The van der Waals surface area contributed by atoms with E-state index >= 15 is 0 Å². The Kier molecular flexibility index (Phi) is 8.03. The van der Waals surface area contributed by atoms with Crippen LogP contribution < -0.4 is 0 Å². The maximum atomic E-state index is 9.55. The van der Waals surface area contributed by atoms with E-state index in [1.807, 2.05) is 60.3 Å². The van der Waals surface area contributed by atoms with Gasteiger partial charge < -0.3 is 0 Å². The van der Waals surface area contributed by atoms with Crippen molar-refractivity contribution >= 4 is 11.8 Å². The number of hydrogen-bond acceptors (Lipinski definition) is 4. The maximum absolute atomic E-state index is 9.55. The monoisotopic (exact) mass is 755 g/mol. The van der Waals surface area contributed by atoms with Crippen LogP contribution in [0, 0.1) is 11.3 Å². The highest BCUT2D eigenvalue weighted by atomic mass is 32.2. The molecule has 11 rings (SSSR count). The molecule has 4 heteroatoms. The molecule has 1 unspecified atom stereocenters. The molecule has 1 aliphatic carbocycles. The van der Waals surface area contributed by atoms with Crippen LogP contribution in [0.25, 0.3) is 67.3 Å². The van der Waals surface area contributed by atoms with Crippen molar-refractivity contribution in [2.24, 2.45) is 0 Å². The molecule has 1 aromatic heterocycles. The first-order valence-corrected chi connectivity index (χ1v) is 20.3. The smallest absolute Gasteiger partial charge is 0.160 e. The van der Waals surface area contributed by atoms with Gasteiger partial charge in [-0.2, -0.15) is 5.26 Å². The Balaban J connectivity index is 1.08. The first-order chi connectivity index (χ1) is 28.7. The molecule has 0 amide bonds. The van der Waals surface area contributed by atoms with E-state index in [0.29, 0.717) is 11.4 Å². The Morgan fingerprint density at radius 3 is 1.66 bits per heavy atom. The Bertz CT molecular complexity index is 3020. The van der Waals surface area contributed by atoms with E-state index in [9.17, 15) is 5.26 Å². The molecule has 2 aliphatic rings. The topological polar surface area (TPSA) is 49.6 Å². The predicted molar refractivity (Wildman–Crippen MR) is 235 cm³/mol. The zero-order valence-corrected chi connectivity index (χ0v) is 32.1. The average molecular weight is 756 g/mol. The lowest BCUT2D eigenvalue weighted by atomic mass is 9.67. The van der Waals surface area contributed by atoms with Gasteiger partial charge in [0, 0.05) is 26.5 Å². The minimum absolute atomic E-state index is 0.524. The van der Waals surface area contributed by atoms with Crippen LogP contribution in [0.1, 0.15) is 27.8 Å². The highest BCUT2D eigenvalue weighted by molar-refractivity contribution is 7.99. The van der Waals surface area contributed by atoms with Crippen molar-refractivity contribution in [3.8, 4) is 73.4 Å². The van der Waals surface area contributed by atoms with Crippen molar-refractivity contribution in [1.29, 1.82) is 5.26 Å². The third-order valence-corrected chi connectivity index (χ3v) is 12.9. The van der Waals surface area contributed by atoms with Crippen molar-refractivity contribution < 1.29 is 0 Å². The standard InChI is InChI=1S/C54H33N3S/c55-34-35-25-27-36(28-26-35)41-18-11-22-46-51(41)43-17-7-8-20-44(43)54(46)45-21-9-10-24-50(45)58-52-42(19-12-23-47(52)54)37-29-31-39(32-30-37)49-33-48(38-13-3-1-4-14-38)56-53(57-49)40-15-5-2-6-16-40/h1-33H. The van der Waals surface area contributed by atoms with E-state index in [4.69, 9.17) is 9.97 Å². The van der Waals surface area contributed by atoms with E-state index in [2.05, 4.69) is 158 Å². The van der Waals surface area contributed by atoms with E-state index < -0.39 is 5.41 Å². The molecule has 1 aliphatic heterocycles. The number of hydrogen-bond donors (Lipinski definition) is 0. The molecule has 1 spiro atoms. The molecular formula is C54H33N3S. The van der Waals surface area contributed by atoms with Crippen LogP contribution in [0.4, 0.5) is 0 Å². The van der Waals surface area contributed by atoms with Crippen LogP contribution in [-0.4, -0.2) is 9.97 Å². The highest BCUT2D eigenvalue weighted by Gasteiger charge is 2.51. The molecule has 1 atom stereocenters. The summed E-state index contributed by atoms with van der Waals surface area (Å²) in [5, 5.41) is 9.55. The first kappa shape index (κ1) is 34.0. The molecule has 0 bridgehead atoms. The van der Waals surface area contributed by atoms with Crippen LogP contribution in [0.3, 0.4) is 0 Å². The minimum atomic E-state index is -0.524. The zero-order valence-electron chi connectivity index (χ0n) is 31.3. The summed E-state index contributed by atoms with van der Waals surface area (Å²) >= 11 is 1.87. The van der Waals surface area contributed by atoms with Crippen molar-refractivity contribution in [2.45, 2.75) is 15.2 Å². The van der Waals surface area contributed by atoms with Crippen LogP contribution in [0.15, 0.2) is 210 Å². The van der Waals surface area contributed by atoms with Gasteiger partial charge >= 0.3 is 0 Å². The first-order valence-electron chi connectivity index (χ1n) is 19.5. The van der Waals surface area contributed by atoms with Crippen molar-refractivity contribution in [2.75, 3.05) is 0 Å². The van der Waals surface area contributed by atoms with Crippen LogP contribution in [-0.2, 0) is 5.41 Å². The molecule has 0 fully saturated rings. The fourth-order valence-electron chi connectivity index (χ4n) is 9.05. The van der Waals surface area contributed by atoms with Gasteiger partial charge in [-0.25, -0.2) is 9.97 Å². The lowest BCUT2D eigenvalue weighted by molar-refractivity contribution is 0.723. The number of nitrogens with zero attached hydrogens (tertiary/aromatic N) is 3. The normalized spacial score (nSPS) is 14.5. The number of fused-ring (bicyclic) bond motifs is 9. The van der Waals surface area contributed by atoms with E-state index in [-0.39, 0.29) is 0 Å². The lowest BCUT2D eigenvalue weighted by Crippen LogP contribution is -2.32. The van der Waals surface area contributed by atoms with Crippen LogP contribution >= 0.6 is 11.8 Å². The zero-order chi connectivity index (χ0) is 38.6. The summed E-state index contributed by atoms with van der Waals surface area (Å²) in [5.74, 6) is 0.706. The molecular weight excluding hydrogens is 723 g/mol. The predicted octanol–water partition coefficient (Wildman–Crippen LogP) is 13.5. The molecule has 2 heterocycles. The third kappa shape index (κ3) is 5.29. The quantitative estimate of drug-likeness (QED) is 0.175. The lowest BCUT2D eigenvalue weighted by Gasteiger charge is -2.40. The van der Waals surface area contributed by atoms with Gasteiger partial charge in [0.2, 0.25) is 0 Å². The van der Waals surface area contributed by atoms with E-state index in [1.54, 1.807) is 0 Å². The van der Waals surface area contributed by atoms with Crippen LogP contribution in [0.5, 0.6) is 0 Å². The summed E-state index contributed by atoms with van der Waals surface area (Å²) < 4.78 is 0. The van der Waals surface area contributed by atoms with Crippen molar-refractivity contribution in [3.63, 3.8) is 0 Å². The van der Waals surface area contributed by atoms with Crippen molar-refractivity contribution in [1.82, 2.24) is 9.97 Å². The van der Waals surface area contributed by atoms with Crippen LogP contribution in [0.2, 0.25) is 0 Å². The van der Waals surface area contributed by atoms with Gasteiger partial charge in [-0.3, -0.25) is 0 Å². The van der Waals surface area contributed by atoms with Gasteiger partial charge in [0.1, 0.15) is 0 Å². The molecule has 3 nitrogen and oxygen atoms in total. The molecule has 0 N–H and O–H groups in total. The third-order valence-electron chi connectivity index (χ3n) is 11.6. The van der Waals surface area contributed by atoms with Gasteiger partial charge in [0.25, 0.3) is 0 Å². The number of benzene rings is 8. The Morgan fingerprint density at radius 2 is 0.931 bits per heavy atom. The largest absolute Gasteiger partial charge is 0.228 e. The minimum Gasteiger partial charge on any atom is -0.228 e. The Labute approximate surface area is 342 Å². The molecule has 0 radical (unpaired) electrons. The molecule has 9 aromatic rings. The van der Waals surface area contributed by atoms with Crippen molar-refractivity contribution in [3.05, 3.63) is 228 Å². The molecule has 8 aromatic carbocycles. The van der Waals surface area contributed by atoms with Gasteiger partial charge in [0.15, 0.2) is 5.82 Å². The summed E-state index contributed by atoms with van der Waals surface area (Å²) in [7, 11) is 0. The second-order valence-electron chi connectivity index (χ2n) is 14.8. The molecule has 270 valence electrons. The Morgan fingerprint density at radius 1 is 0.414 bits per heavy atom. The fraction of sp³-hybridized carbons (Fsp3) is 0.0185. The molecule has 0 saturated heterocycles. The number of rotatable bonds is 5. The summed E-state index contributed by atoms with van der Waals surface area (Å²) in [6, 6.07) is 73.2. The van der Waals surface area contributed by atoms with Gasteiger partial charge in [-0.05, 0) is 79.9 Å². The van der Waals surface area contributed by atoms with Gasteiger partial charge in [0.05, 0.1) is 28.4 Å². The number of nitriles is 1. The maximum Gasteiger partial charge on any atom is 0.160 e. The average Bonchev–Trinajstić information content (AvgIpc) is 3.60. The summed E-state index contributed by atoms with van der Waals surface area (Å²) in [4.78, 5) is 12.6. The molecule has 0 saturated carbocycles. The van der Waals surface area contributed by atoms with Gasteiger partial charge in [-0.15, -0.1) is 0 Å². The number of aromatic nitrogens is 2. The second-order valence-corrected chi connectivity index (χ2v) is 15.8. The highest BCUT2D eigenvalue weighted by Crippen LogP contribution is 2.64. The summed E-state index contributed by atoms with van der Waals surface area (Å²) in [6.07, 6.45) is 0. The summed E-state index contributed by atoms with van der Waals surface area (Å²) in [6.45, 7) is 0. The second kappa shape index (κ2) is 13.7. The fourth-order valence-corrected chi connectivity index (χ4v) is 10.4. The SMILES string of the molecule is N#Cc1ccc(-c2cccc3c2-c2ccccc2C32c3ccccc3Sc3c(-c4ccc(-c5cc(-c6ccccc6)nc(-c6ccccc6)n5)cc4)cccc32)cc1. The summed E-state index contributed by atoms with van der Waals surface area (Å²) in [5.41, 5.74) is 17.3.